The zero-order valence-corrected chi connectivity index (χ0v) is 8.56. The van der Waals surface area contributed by atoms with Crippen LogP contribution in [-0.4, -0.2) is 10.8 Å². The first kappa shape index (κ1) is 10.5. The third-order valence-corrected chi connectivity index (χ3v) is 2.23. The fourth-order valence-corrected chi connectivity index (χ4v) is 1.41. The molecule has 0 saturated carbocycles. The lowest BCUT2D eigenvalue weighted by Gasteiger charge is -2.00. The number of ketones is 1. The van der Waals surface area contributed by atoms with Crippen molar-refractivity contribution in [3.8, 4) is 0 Å². The van der Waals surface area contributed by atoms with Crippen LogP contribution in [0.2, 0.25) is 0 Å². The Labute approximate surface area is 92.8 Å². The smallest absolute Gasteiger partial charge is 0.185 e. The number of benzene rings is 1. The van der Waals surface area contributed by atoms with Gasteiger partial charge in [0.15, 0.2) is 5.78 Å². The molecule has 0 aliphatic rings. The lowest BCUT2D eigenvalue weighted by atomic mass is 10.1. The topological polar surface area (TPSA) is 30.0 Å². The Bertz CT molecular complexity index is 479. The quantitative estimate of drug-likeness (QED) is 0.737. The summed E-state index contributed by atoms with van der Waals surface area (Å²) in [6, 6.07) is 11.1. The highest BCUT2D eigenvalue weighted by atomic mass is 19.1. The highest BCUT2D eigenvalue weighted by molar-refractivity contribution is 5.95. The number of pyridine rings is 1. The number of Topliss-reactive ketones (excluding diaryl/α,β-unsaturated/α-hetero) is 1. The monoisotopic (exact) mass is 215 g/mol. The summed E-state index contributed by atoms with van der Waals surface area (Å²) >= 11 is 0. The van der Waals surface area contributed by atoms with E-state index >= 15 is 0 Å². The van der Waals surface area contributed by atoms with Gasteiger partial charge in [0.1, 0.15) is 11.5 Å². The van der Waals surface area contributed by atoms with E-state index in [9.17, 15) is 9.18 Å². The number of nitrogens with zero attached hydrogens (tertiary/aromatic N) is 1. The fourth-order valence-electron chi connectivity index (χ4n) is 1.41. The van der Waals surface area contributed by atoms with Crippen molar-refractivity contribution in [3.05, 3.63) is 65.7 Å². The lowest BCUT2D eigenvalue weighted by Crippen LogP contribution is -2.05. The lowest BCUT2D eigenvalue weighted by molar-refractivity contribution is 0.0988. The maximum absolute atomic E-state index is 12.6. The van der Waals surface area contributed by atoms with Gasteiger partial charge in [-0.25, -0.2) is 4.39 Å². The van der Waals surface area contributed by atoms with Gasteiger partial charge in [-0.05, 0) is 29.8 Å². The van der Waals surface area contributed by atoms with Gasteiger partial charge in [0.2, 0.25) is 0 Å². The molecule has 80 valence electrons. The average Bonchev–Trinajstić information content (AvgIpc) is 2.33. The molecule has 0 bridgehead atoms. The Morgan fingerprint density at radius 1 is 1.12 bits per heavy atom. The normalized spacial score (nSPS) is 10.1. The van der Waals surface area contributed by atoms with E-state index in [1.807, 2.05) is 0 Å². The van der Waals surface area contributed by atoms with E-state index in [0.29, 0.717) is 5.69 Å². The van der Waals surface area contributed by atoms with Gasteiger partial charge in [-0.1, -0.05) is 18.2 Å². The molecule has 1 aromatic carbocycles. The van der Waals surface area contributed by atoms with Gasteiger partial charge in [-0.2, -0.15) is 0 Å². The molecule has 16 heavy (non-hydrogen) atoms. The van der Waals surface area contributed by atoms with Crippen molar-refractivity contribution >= 4 is 5.78 Å². The summed E-state index contributed by atoms with van der Waals surface area (Å²) < 4.78 is 12.6. The summed E-state index contributed by atoms with van der Waals surface area (Å²) in [5.74, 6) is -0.360. The van der Waals surface area contributed by atoms with E-state index in [-0.39, 0.29) is 18.0 Å². The maximum atomic E-state index is 12.6. The van der Waals surface area contributed by atoms with Crippen LogP contribution in [0.5, 0.6) is 0 Å². The highest BCUT2D eigenvalue weighted by Gasteiger charge is 2.07. The predicted octanol–water partition coefficient (Wildman–Crippen LogP) is 2.65. The van der Waals surface area contributed by atoms with Gasteiger partial charge in [0.25, 0.3) is 0 Å². The molecule has 0 aliphatic heterocycles. The standard InChI is InChI=1S/C13H10FNO/c14-11-6-4-10(5-7-11)9-13(16)12-3-1-2-8-15-12/h1-8H,9H2. The third kappa shape index (κ3) is 2.51. The highest BCUT2D eigenvalue weighted by Crippen LogP contribution is 2.07. The minimum atomic E-state index is -0.297. The van der Waals surface area contributed by atoms with Crippen LogP contribution >= 0.6 is 0 Å². The van der Waals surface area contributed by atoms with E-state index in [0.717, 1.165) is 5.56 Å². The maximum Gasteiger partial charge on any atom is 0.185 e. The number of carbonyl (C=O) groups excluding carboxylic acids is 1. The minimum absolute atomic E-state index is 0.0628. The van der Waals surface area contributed by atoms with Crippen LogP contribution in [0.15, 0.2) is 48.7 Å². The molecule has 0 amide bonds. The molecule has 0 saturated heterocycles. The van der Waals surface area contributed by atoms with Crippen molar-refractivity contribution in [3.63, 3.8) is 0 Å². The molecule has 1 aromatic heterocycles. The van der Waals surface area contributed by atoms with Gasteiger partial charge in [0, 0.05) is 12.6 Å². The number of rotatable bonds is 3. The van der Waals surface area contributed by atoms with Crippen molar-refractivity contribution in [2.45, 2.75) is 6.42 Å². The molecule has 2 nitrogen and oxygen atoms in total. The van der Waals surface area contributed by atoms with Gasteiger partial charge < -0.3 is 0 Å². The third-order valence-electron chi connectivity index (χ3n) is 2.23. The Morgan fingerprint density at radius 2 is 1.88 bits per heavy atom. The predicted molar refractivity (Wildman–Crippen MR) is 58.7 cm³/mol. The molecule has 0 atom stereocenters. The van der Waals surface area contributed by atoms with Crippen LogP contribution in [0, 0.1) is 5.82 Å². The van der Waals surface area contributed by atoms with E-state index in [4.69, 9.17) is 0 Å². The van der Waals surface area contributed by atoms with Gasteiger partial charge >= 0.3 is 0 Å². The molecule has 2 rings (SSSR count). The second kappa shape index (κ2) is 4.66. The SMILES string of the molecule is O=C(Cc1ccc(F)cc1)c1ccccn1. The van der Waals surface area contributed by atoms with Crippen LogP contribution in [-0.2, 0) is 6.42 Å². The number of aromatic nitrogens is 1. The summed E-state index contributed by atoms with van der Waals surface area (Å²) in [7, 11) is 0. The molecule has 0 fully saturated rings. The van der Waals surface area contributed by atoms with Crippen molar-refractivity contribution in [2.75, 3.05) is 0 Å². The zero-order chi connectivity index (χ0) is 11.4. The second-order valence-electron chi connectivity index (χ2n) is 3.44. The molecule has 1 heterocycles. The van der Waals surface area contributed by atoms with Crippen LogP contribution in [0.3, 0.4) is 0 Å². The van der Waals surface area contributed by atoms with E-state index < -0.39 is 0 Å². The molecular formula is C13H10FNO. The first-order valence-corrected chi connectivity index (χ1v) is 4.94. The number of halogens is 1. The van der Waals surface area contributed by atoms with Crippen LogP contribution in [0.1, 0.15) is 16.1 Å². The van der Waals surface area contributed by atoms with Crippen LogP contribution < -0.4 is 0 Å². The molecule has 0 radical (unpaired) electrons. The summed E-state index contributed by atoms with van der Waals surface area (Å²) in [5.41, 5.74) is 1.23. The van der Waals surface area contributed by atoms with Crippen molar-refractivity contribution in [1.82, 2.24) is 4.98 Å². The number of carbonyl (C=O) groups is 1. The van der Waals surface area contributed by atoms with E-state index in [1.54, 1.807) is 36.5 Å². The van der Waals surface area contributed by atoms with Crippen molar-refractivity contribution in [1.29, 1.82) is 0 Å². The molecule has 2 aromatic rings. The minimum Gasteiger partial charge on any atom is -0.292 e. The average molecular weight is 215 g/mol. The Morgan fingerprint density at radius 3 is 2.50 bits per heavy atom. The fraction of sp³-hybridized carbons (Fsp3) is 0.0769. The van der Waals surface area contributed by atoms with Crippen LogP contribution in [0.4, 0.5) is 4.39 Å². The van der Waals surface area contributed by atoms with E-state index in [2.05, 4.69) is 4.98 Å². The first-order valence-electron chi connectivity index (χ1n) is 4.94. The van der Waals surface area contributed by atoms with E-state index in [1.165, 1.54) is 12.1 Å². The second-order valence-corrected chi connectivity index (χ2v) is 3.44. The van der Waals surface area contributed by atoms with Crippen molar-refractivity contribution in [2.24, 2.45) is 0 Å². The van der Waals surface area contributed by atoms with Gasteiger partial charge in [-0.3, -0.25) is 9.78 Å². The zero-order valence-electron chi connectivity index (χ0n) is 8.56. The summed E-state index contributed by atoms with van der Waals surface area (Å²) in [5, 5.41) is 0. The Kier molecular flexibility index (Phi) is 3.05. The molecule has 0 N–H and O–H groups in total. The Hall–Kier alpha value is -2.03. The van der Waals surface area contributed by atoms with Gasteiger partial charge in [-0.15, -0.1) is 0 Å². The van der Waals surface area contributed by atoms with Crippen LogP contribution in [0.25, 0.3) is 0 Å². The molecule has 0 spiro atoms. The molecule has 0 unspecified atom stereocenters. The molecular weight excluding hydrogens is 205 g/mol. The van der Waals surface area contributed by atoms with Gasteiger partial charge in [0.05, 0.1) is 0 Å². The summed E-state index contributed by atoms with van der Waals surface area (Å²) in [4.78, 5) is 15.7. The van der Waals surface area contributed by atoms with Crippen molar-refractivity contribution < 1.29 is 9.18 Å². The number of hydrogen-bond acceptors (Lipinski definition) is 2. The number of hydrogen-bond donors (Lipinski definition) is 0. The Balaban J connectivity index is 2.11. The first-order chi connectivity index (χ1) is 7.75. The molecule has 3 heteroatoms. The summed E-state index contributed by atoms with van der Waals surface area (Å²) in [6.07, 6.45) is 1.83. The largest absolute Gasteiger partial charge is 0.292 e. The summed E-state index contributed by atoms with van der Waals surface area (Å²) in [6.45, 7) is 0. The molecule has 0 aliphatic carbocycles.